The van der Waals surface area contributed by atoms with Crippen molar-refractivity contribution in [3.8, 4) is 16.9 Å². The topological polar surface area (TPSA) is 62.1 Å². The van der Waals surface area contributed by atoms with Gasteiger partial charge in [-0.2, -0.15) is 0 Å². The minimum absolute atomic E-state index is 0.332. The number of hydrogen-bond donors (Lipinski definition) is 1. The molecule has 0 saturated carbocycles. The van der Waals surface area contributed by atoms with Crippen molar-refractivity contribution in [1.29, 1.82) is 0 Å². The number of rotatable bonds is 7. The van der Waals surface area contributed by atoms with Crippen LogP contribution in [0.3, 0.4) is 0 Å². The van der Waals surface area contributed by atoms with E-state index in [1.165, 1.54) is 17.8 Å². The zero-order chi connectivity index (χ0) is 21.1. The van der Waals surface area contributed by atoms with Gasteiger partial charge in [-0.05, 0) is 68.2 Å². The maximum Gasteiger partial charge on any atom is 0.345 e. The molecule has 1 aliphatic rings. The average molecular weight is 411 g/mol. The molecule has 5 nitrogen and oxygen atoms in total. The van der Waals surface area contributed by atoms with E-state index in [-0.39, 0.29) is 0 Å². The highest BCUT2D eigenvalue weighted by Gasteiger charge is 2.18. The second-order valence-electron chi connectivity index (χ2n) is 6.96. The number of carboxylic acids is 1. The van der Waals surface area contributed by atoms with Crippen molar-refractivity contribution in [2.24, 2.45) is 4.99 Å². The van der Waals surface area contributed by atoms with Gasteiger partial charge in [0, 0.05) is 29.2 Å². The van der Waals surface area contributed by atoms with Gasteiger partial charge in [0.15, 0.2) is 0 Å². The molecule has 0 amide bonds. The first kappa shape index (κ1) is 20.9. The standard InChI is InChI=1S/C23H26N2O3S/c1-6-22(25-10-7-11-25)24-15(3)14(2)18-12-17(8-9-20(18)28-5)19-13-21(23(26)27)29-16(19)4/h6,8-9,12-13H,2,7,10-11H2,1,3-5H3,(H,26,27)/b22-6+,24-15-. The van der Waals surface area contributed by atoms with Gasteiger partial charge < -0.3 is 14.7 Å². The van der Waals surface area contributed by atoms with Crippen LogP contribution in [0, 0.1) is 6.92 Å². The van der Waals surface area contributed by atoms with Crippen LogP contribution in [-0.4, -0.2) is 41.9 Å². The van der Waals surface area contributed by atoms with Crippen LogP contribution in [0.15, 0.2) is 47.7 Å². The van der Waals surface area contributed by atoms with E-state index in [0.717, 1.165) is 51.8 Å². The predicted octanol–water partition coefficient (Wildman–Crippen LogP) is 5.47. The Labute approximate surface area is 175 Å². The Morgan fingerprint density at radius 1 is 1.34 bits per heavy atom. The van der Waals surface area contributed by atoms with Crippen LogP contribution < -0.4 is 4.74 Å². The van der Waals surface area contributed by atoms with Crippen molar-refractivity contribution in [2.75, 3.05) is 20.2 Å². The van der Waals surface area contributed by atoms with E-state index in [1.54, 1.807) is 13.2 Å². The quantitative estimate of drug-likeness (QED) is 0.615. The van der Waals surface area contributed by atoms with E-state index in [9.17, 15) is 9.90 Å². The summed E-state index contributed by atoms with van der Waals surface area (Å²) in [4.78, 5) is 19.7. The minimum atomic E-state index is -0.907. The number of methoxy groups -OCH3 is 1. The van der Waals surface area contributed by atoms with Crippen LogP contribution in [0.5, 0.6) is 5.75 Å². The summed E-state index contributed by atoms with van der Waals surface area (Å²) in [5, 5.41) is 9.30. The molecule has 0 spiro atoms. The fourth-order valence-corrected chi connectivity index (χ4v) is 4.16. The van der Waals surface area contributed by atoms with Gasteiger partial charge in [0.05, 0.1) is 7.11 Å². The third kappa shape index (κ3) is 4.27. The number of benzene rings is 1. The third-order valence-electron chi connectivity index (χ3n) is 5.12. The smallest absolute Gasteiger partial charge is 0.345 e. The summed E-state index contributed by atoms with van der Waals surface area (Å²) in [7, 11) is 1.63. The van der Waals surface area contributed by atoms with Crippen LogP contribution >= 0.6 is 11.3 Å². The molecule has 0 bridgehead atoms. The summed E-state index contributed by atoms with van der Waals surface area (Å²) in [6, 6.07) is 7.56. The molecule has 6 heteroatoms. The number of carbonyl (C=O) groups is 1. The van der Waals surface area contributed by atoms with E-state index >= 15 is 0 Å². The number of aliphatic imine (C=N–C) groups is 1. The molecule has 1 aliphatic heterocycles. The van der Waals surface area contributed by atoms with Crippen molar-refractivity contribution in [3.05, 3.63) is 58.1 Å². The Hall–Kier alpha value is -2.86. The minimum Gasteiger partial charge on any atom is -0.496 e. The Morgan fingerprint density at radius 3 is 2.59 bits per heavy atom. The number of thiophene rings is 1. The van der Waals surface area contributed by atoms with Gasteiger partial charge in [0.1, 0.15) is 16.4 Å². The molecule has 2 aromatic rings. The number of allylic oxidation sites excluding steroid dienone is 2. The molecule has 1 fully saturated rings. The Bertz CT molecular complexity index is 1010. The Morgan fingerprint density at radius 2 is 2.07 bits per heavy atom. The lowest BCUT2D eigenvalue weighted by molar-refractivity contribution is 0.0702. The zero-order valence-corrected chi connectivity index (χ0v) is 18.1. The van der Waals surface area contributed by atoms with E-state index in [4.69, 9.17) is 9.73 Å². The maximum absolute atomic E-state index is 11.3. The highest BCUT2D eigenvalue weighted by atomic mass is 32.1. The molecule has 1 aromatic heterocycles. The first-order valence-corrected chi connectivity index (χ1v) is 10.4. The molecule has 1 N–H and O–H groups in total. The van der Waals surface area contributed by atoms with E-state index in [2.05, 4.69) is 11.5 Å². The molecule has 0 atom stereocenters. The van der Waals surface area contributed by atoms with Crippen molar-refractivity contribution in [3.63, 3.8) is 0 Å². The number of carboxylic acid groups (broad SMARTS) is 1. The molecule has 0 unspecified atom stereocenters. The molecule has 2 heterocycles. The Balaban J connectivity index is 1.99. The third-order valence-corrected chi connectivity index (χ3v) is 6.16. The number of hydrogen-bond acceptors (Lipinski definition) is 5. The van der Waals surface area contributed by atoms with Crippen LogP contribution in [0.2, 0.25) is 0 Å². The van der Waals surface area contributed by atoms with E-state index < -0.39 is 5.97 Å². The van der Waals surface area contributed by atoms with Crippen molar-refractivity contribution in [1.82, 2.24) is 4.90 Å². The summed E-state index contributed by atoms with van der Waals surface area (Å²) in [5.41, 5.74) is 4.31. The average Bonchev–Trinajstić information content (AvgIpc) is 3.06. The summed E-state index contributed by atoms with van der Waals surface area (Å²) >= 11 is 1.28. The van der Waals surface area contributed by atoms with Crippen LogP contribution in [0.25, 0.3) is 16.7 Å². The molecule has 152 valence electrons. The summed E-state index contributed by atoms with van der Waals surface area (Å²) in [5.74, 6) is 0.769. The number of aryl methyl sites for hydroxylation is 1. The van der Waals surface area contributed by atoms with E-state index in [0.29, 0.717) is 10.6 Å². The fourth-order valence-electron chi connectivity index (χ4n) is 3.28. The van der Waals surface area contributed by atoms with Crippen LogP contribution in [0.1, 0.15) is 40.4 Å². The first-order chi connectivity index (χ1) is 13.8. The van der Waals surface area contributed by atoms with Crippen molar-refractivity contribution in [2.45, 2.75) is 27.2 Å². The molecule has 3 rings (SSSR count). The summed E-state index contributed by atoms with van der Waals surface area (Å²) in [6.45, 7) is 12.2. The summed E-state index contributed by atoms with van der Waals surface area (Å²) in [6.07, 6.45) is 3.22. The number of aromatic carboxylic acids is 1. The lowest BCUT2D eigenvalue weighted by Crippen LogP contribution is -2.35. The highest BCUT2D eigenvalue weighted by molar-refractivity contribution is 7.14. The number of nitrogens with zero attached hydrogens (tertiary/aromatic N) is 2. The molecule has 0 aliphatic carbocycles. The summed E-state index contributed by atoms with van der Waals surface area (Å²) < 4.78 is 5.56. The monoisotopic (exact) mass is 410 g/mol. The van der Waals surface area contributed by atoms with Crippen molar-refractivity contribution >= 4 is 28.6 Å². The SMILES string of the molecule is C=C(/C(C)=N\C(=C/C)N1CCC1)c1cc(-c2cc(C(=O)O)sc2C)ccc1OC. The van der Waals surface area contributed by atoms with Gasteiger partial charge in [-0.1, -0.05) is 12.6 Å². The van der Waals surface area contributed by atoms with Gasteiger partial charge in [-0.15, -0.1) is 11.3 Å². The van der Waals surface area contributed by atoms with Crippen molar-refractivity contribution < 1.29 is 14.6 Å². The Kier molecular flexibility index (Phi) is 6.23. The predicted molar refractivity (Wildman–Crippen MR) is 120 cm³/mol. The largest absolute Gasteiger partial charge is 0.496 e. The molecular weight excluding hydrogens is 384 g/mol. The molecule has 29 heavy (non-hydrogen) atoms. The first-order valence-electron chi connectivity index (χ1n) is 9.54. The van der Waals surface area contributed by atoms with Crippen LogP contribution in [0.4, 0.5) is 0 Å². The van der Waals surface area contributed by atoms with Gasteiger partial charge in [-0.3, -0.25) is 0 Å². The second-order valence-corrected chi connectivity index (χ2v) is 8.22. The zero-order valence-electron chi connectivity index (χ0n) is 17.3. The molecule has 1 aromatic carbocycles. The van der Waals surface area contributed by atoms with Crippen LogP contribution in [-0.2, 0) is 0 Å². The van der Waals surface area contributed by atoms with Gasteiger partial charge in [0.2, 0.25) is 0 Å². The number of likely N-dealkylation sites (tertiary alicyclic amines) is 1. The van der Waals surface area contributed by atoms with E-state index in [1.807, 2.05) is 45.0 Å². The lowest BCUT2D eigenvalue weighted by atomic mass is 9.97. The van der Waals surface area contributed by atoms with Gasteiger partial charge >= 0.3 is 5.97 Å². The highest BCUT2D eigenvalue weighted by Crippen LogP contribution is 2.36. The second kappa shape index (κ2) is 8.66. The van der Waals surface area contributed by atoms with Gasteiger partial charge in [-0.25, -0.2) is 9.79 Å². The maximum atomic E-state index is 11.3. The number of ether oxygens (including phenoxy) is 1. The lowest BCUT2D eigenvalue weighted by Gasteiger charge is -2.33. The fraction of sp³-hybridized carbons (Fsp3) is 0.304. The van der Waals surface area contributed by atoms with Gasteiger partial charge in [0.25, 0.3) is 0 Å². The molecular formula is C23H26N2O3S. The molecule has 0 radical (unpaired) electrons. The normalized spacial score (nSPS) is 14.6. The molecule has 1 saturated heterocycles.